The largest absolute Gasteiger partial charge is 0.368 e. The molecule has 2 aromatic carbocycles. The lowest BCUT2D eigenvalue weighted by Gasteiger charge is -2.22. The van der Waals surface area contributed by atoms with Gasteiger partial charge in [-0.2, -0.15) is 10.1 Å². The summed E-state index contributed by atoms with van der Waals surface area (Å²) >= 11 is 5.81. The van der Waals surface area contributed by atoms with E-state index in [0.717, 1.165) is 12.0 Å². The van der Waals surface area contributed by atoms with Gasteiger partial charge < -0.3 is 5.73 Å². The van der Waals surface area contributed by atoms with Gasteiger partial charge in [-0.25, -0.2) is 5.01 Å². The third-order valence-corrected chi connectivity index (χ3v) is 3.81. The van der Waals surface area contributed by atoms with Crippen LogP contribution in [0.1, 0.15) is 28.4 Å². The minimum Gasteiger partial charge on any atom is -0.368 e. The number of amides is 1. The summed E-state index contributed by atoms with van der Waals surface area (Å²) in [5.74, 6) is -0.347. The molecule has 0 radical (unpaired) electrons. The van der Waals surface area contributed by atoms with Gasteiger partial charge in [-0.15, -0.1) is 0 Å². The van der Waals surface area contributed by atoms with Crippen LogP contribution in [-0.4, -0.2) is 23.1 Å². The van der Waals surface area contributed by atoms with E-state index in [-0.39, 0.29) is 12.0 Å². The molecule has 0 fully saturated rings. The van der Waals surface area contributed by atoms with Crippen molar-refractivity contribution in [2.75, 3.05) is 0 Å². The third kappa shape index (κ3) is 3.40. The van der Waals surface area contributed by atoms with Crippen molar-refractivity contribution in [2.24, 2.45) is 15.8 Å². The van der Waals surface area contributed by atoms with Gasteiger partial charge in [0, 0.05) is 23.2 Å². The van der Waals surface area contributed by atoms with E-state index in [1.54, 1.807) is 35.5 Å². The maximum Gasteiger partial charge on any atom is 0.280 e. The molecule has 1 aliphatic heterocycles. The molecule has 116 valence electrons. The summed E-state index contributed by atoms with van der Waals surface area (Å²) < 4.78 is 0. The van der Waals surface area contributed by atoms with Crippen molar-refractivity contribution in [3.63, 3.8) is 0 Å². The maximum atomic E-state index is 12.2. The smallest absolute Gasteiger partial charge is 0.280 e. The van der Waals surface area contributed by atoms with Gasteiger partial charge in [-0.1, -0.05) is 41.9 Å². The van der Waals surface area contributed by atoms with Gasteiger partial charge in [0.15, 0.2) is 0 Å². The van der Waals surface area contributed by atoms with Crippen molar-refractivity contribution in [3.8, 4) is 0 Å². The third-order valence-electron chi connectivity index (χ3n) is 3.56. The molecule has 0 bridgehead atoms. The van der Waals surface area contributed by atoms with E-state index in [4.69, 9.17) is 17.3 Å². The number of carbonyl (C=O) groups excluding carboxylic acids is 1. The van der Waals surface area contributed by atoms with Gasteiger partial charge >= 0.3 is 0 Å². The Morgan fingerprint density at radius 3 is 2.57 bits per heavy atom. The molecule has 0 aliphatic carbocycles. The molecule has 3 rings (SSSR count). The lowest BCUT2D eigenvalue weighted by atomic mass is 10.1. The van der Waals surface area contributed by atoms with E-state index >= 15 is 0 Å². The van der Waals surface area contributed by atoms with E-state index in [1.807, 2.05) is 30.3 Å². The Kier molecular flexibility index (Phi) is 4.39. The van der Waals surface area contributed by atoms with Crippen molar-refractivity contribution >= 4 is 29.7 Å². The van der Waals surface area contributed by atoms with Gasteiger partial charge in [-0.05, 0) is 29.8 Å². The average Bonchev–Trinajstić information content (AvgIpc) is 3.06. The first-order chi connectivity index (χ1) is 11.1. The van der Waals surface area contributed by atoms with Crippen LogP contribution in [0.2, 0.25) is 5.02 Å². The molecule has 1 amide bonds. The summed E-state index contributed by atoms with van der Waals surface area (Å²) in [6.07, 6.45) is 2.49. The monoisotopic (exact) mass is 326 g/mol. The molecule has 5 nitrogen and oxygen atoms in total. The van der Waals surface area contributed by atoms with Crippen LogP contribution in [0, 0.1) is 0 Å². The fourth-order valence-corrected chi connectivity index (χ4v) is 2.52. The Labute approximate surface area is 139 Å². The van der Waals surface area contributed by atoms with Crippen LogP contribution >= 0.6 is 11.6 Å². The molecule has 2 N–H and O–H groups in total. The fourth-order valence-electron chi connectivity index (χ4n) is 2.40. The molecule has 0 aromatic heterocycles. The van der Waals surface area contributed by atoms with Crippen LogP contribution in [-0.2, 0) is 0 Å². The molecule has 2 aromatic rings. The maximum absolute atomic E-state index is 12.2. The van der Waals surface area contributed by atoms with Gasteiger partial charge in [0.1, 0.15) is 0 Å². The fraction of sp³-hybridized carbons (Fsp3) is 0.118. The van der Waals surface area contributed by atoms with E-state index < -0.39 is 5.91 Å². The molecule has 1 atom stereocenters. The first kappa shape index (κ1) is 15.2. The summed E-state index contributed by atoms with van der Waals surface area (Å²) in [4.78, 5) is 16.1. The SMILES string of the molecule is NC(=NC(=O)c1ccc(Cl)cc1)N1N=CC[C@@H]1c1ccccc1. The van der Waals surface area contributed by atoms with Crippen LogP contribution in [0.25, 0.3) is 0 Å². The van der Waals surface area contributed by atoms with Crippen LogP contribution < -0.4 is 5.73 Å². The predicted octanol–water partition coefficient (Wildman–Crippen LogP) is 3.23. The lowest BCUT2D eigenvalue weighted by molar-refractivity contribution is 0.100. The number of rotatable bonds is 2. The number of nitrogens with zero attached hydrogens (tertiary/aromatic N) is 3. The van der Waals surface area contributed by atoms with Gasteiger partial charge in [0.25, 0.3) is 5.91 Å². The van der Waals surface area contributed by atoms with E-state index in [9.17, 15) is 4.79 Å². The molecular formula is C17H15ClN4O. The Morgan fingerprint density at radius 2 is 1.87 bits per heavy atom. The molecule has 0 unspecified atom stereocenters. The molecular weight excluding hydrogens is 312 g/mol. The Balaban J connectivity index is 1.81. The normalized spacial score (nSPS) is 17.5. The van der Waals surface area contributed by atoms with Gasteiger partial charge in [-0.3, -0.25) is 4.79 Å². The Bertz CT molecular complexity index is 756. The Hall–Kier alpha value is -2.66. The first-order valence-electron chi connectivity index (χ1n) is 7.16. The van der Waals surface area contributed by atoms with Crippen LogP contribution in [0.15, 0.2) is 64.7 Å². The van der Waals surface area contributed by atoms with Crippen molar-refractivity contribution in [3.05, 3.63) is 70.7 Å². The molecule has 6 heteroatoms. The summed E-state index contributed by atoms with van der Waals surface area (Å²) in [5, 5.41) is 6.37. The van der Waals surface area contributed by atoms with E-state index in [1.165, 1.54) is 0 Å². The molecule has 0 saturated carbocycles. The number of nitrogens with two attached hydrogens (primary N) is 1. The highest BCUT2D eigenvalue weighted by Gasteiger charge is 2.25. The average molecular weight is 327 g/mol. The number of hydrogen-bond donors (Lipinski definition) is 1. The minimum absolute atomic E-state index is 0.0435. The summed E-state index contributed by atoms with van der Waals surface area (Å²) in [7, 11) is 0. The number of carbonyl (C=O) groups is 1. The second-order valence-electron chi connectivity index (χ2n) is 5.09. The molecule has 23 heavy (non-hydrogen) atoms. The number of hydrazone groups is 1. The second kappa shape index (κ2) is 6.62. The molecule has 1 aliphatic rings. The molecule has 0 saturated heterocycles. The summed E-state index contributed by atoms with van der Waals surface area (Å²) in [6.45, 7) is 0. The summed E-state index contributed by atoms with van der Waals surface area (Å²) in [6, 6.07) is 16.3. The van der Waals surface area contributed by atoms with Crippen molar-refractivity contribution in [2.45, 2.75) is 12.5 Å². The molecule has 1 heterocycles. The zero-order chi connectivity index (χ0) is 16.2. The van der Waals surface area contributed by atoms with Gasteiger partial charge in [0.2, 0.25) is 5.96 Å². The topological polar surface area (TPSA) is 71.0 Å². The number of benzene rings is 2. The highest BCUT2D eigenvalue weighted by atomic mass is 35.5. The number of aliphatic imine (C=N–C) groups is 1. The van der Waals surface area contributed by atoms with E-state index in [2.05, 4.69) is 10.1 Å². The zero-order valence-electron chi connectivity index (χ0n) is 12.3. The van der Waals surface area contributed by atoms with Crippen molar-refractivity contribution in [1.29, 1.82) is 0 Å². The van der Waals surface area contributed by atoms with Crippen molar-refractivity contribution < 1.29 is 4.79 Å². The summed E-state index contributed by atoms with van der Waals surface area (Å²) in [5.41, 5.74) is 7.49. The highest BCUT2D eigenvalue weighted by molar-refractivity contribution is 6.30. The minimum atomic E-state index is -0.423. The number of guanidine groups is 1. The first-order valence-corrected chi connectivity index (χ1v) is 7.53. The second-order valence-corrected chi connectivity index (χ2v) is 5.52. The van der Waals surface area contributed by atoms with E-state index in [0.29, 0.717) is 10.6 Å². The highest BCUT2D eigenvalue weighted by Crippen LogP contribution is 2.27. The van der Waals surface area contributed by atoms with Crippen LogP contribution in [0.4, 0.5) is 0 Å². The Morgan fingerprint density at radius 1 is 1.17 bits per heavy atom. The van der Waals surface area contributed by atoms with Crippen LogP contribution in [0.3, 0.4) is 0 Å². The van der Waals surface area contributed by atoms with Crippen molar-refractivity contribution in [1.82, 2.24) is 5.01 Å². The number of hydrogen-bond acceptors (Lipinski definition) is 2. The lowest BCUT2D eigenvalue weighted by Crippen LogP contribution is -2.34. The predicted molar refractivity (Wildman–Crippen MR) is 91.5 cm³/mol. The van der Waals surface area contributed by atoms with Crippen LogP contribution in [0.5, 0.6) is 0 Å². The quantitative estimate of drug-likeness (QED) is 0.680. The zero-order valence-corrected chi connectivity index (χ0v) is 13.0. The standard InChI is InChI=1S/C17H15ClN4O/c18-14-8-6-13(7-9-14)16(23)21-17(19)22-15(10-11-20-22)12-4-2-1-3-5-12/h1-9,11,15H,10H2,(H2,19,21,23)/t15-/m1/s1. The molecule has 0 spiro atoms. The number of halogens is 1. The van der Waals surface area contributed by atoms with Gasteiger partial charge in [0.05, 0.1) is 6.04 Å².